The largest absolute Gasteiger partial charge is 0.492 e. The Morgan fingerprint density at radius 3 is 2.72 bits per heavy atom. The smallest absolute Gasteiger partial charge is 0.138 e. The first-order chi connectivity index (χ1) is 8.79. The van der Waals surface area contributed by atoms with Crippen molar-refractivity contribution < 1.29 is 4.74 Å². The summed E-state index contributed by atoms with van der Waals surface area (Å²) in [4.78, 5) is 4.21. The number of hydrogen-bond donors (Lipinski definition) is 1. The van der Waals surface area contributed by atoms with Gasteiger partial charge in [0.1, 0.15) is 24.5 Å². The summed E-state index contributed by atoms with van der Waals surface area (Å²) in [6, 6.07) is 10.0. The summed E-state index contributed by atoms with van der Waals surface area (Å²) >= 11 is 0. The lowest BCUT2D eigenvalue weighted by Crippen LogP contribution is -2.34. The van der Waals surface area contributed by atoms with Crippen molar-refractivity contribution in [2.45, 2.75) is 12.5 Å². The number of ether oxygens (including phenoxy) is 1. The Balaban J connectivity index is 1.88. The SMILES string of the molecule is CNC(COc1ccccc1)Cc1ncnn1C. The van der Waals surface area contributed by atoms with Crippen molar-refractivity contribution >= 4 is 0 Å². The summed E-state index contributed by atoms with van der Waals surface area (Å²) in [5.74, 6) is 1.83. The predicted octanol–water partition coefficient (Wildman–Crippen LogP) is 1.02. The van der Waals surface area contributed by atoms with Crippen LogP contribution >= 0.6 is 0 Å². The lowest BCUT2D eigenvalue weighted by atomic mass is 10.2. The van der Waals surface area contributed by atoms with Crippen molar-refractivity contribution in [3.8, 4) is 5.75 Å². The fraction of sp³-hybridized carbons (Fsp3) is 0.385. The Labute approximate surface area is 107 Å². The Morgan fingerprint density at radius 2 is 2.11 bits per heavy atom. The Bertz CT molecular complexity index is 469. The minimum atomic E-state index is 0.216. The molecule has 0 saturated carbocycles. The standard InChI is InChI=1S/C13H18N4O/c1-14-11(8-13-15-10-16-17(13)2)9-18-12-6-4-3-5-7-12/h3-7,10-11,14H,8-9H2,1-2H3. The molecule has 1 heterocycles. The topological polar surface area (TPSA) is 52.0 Å². The third kappa shape index (κ3) is 3.30. The molecule has 0 radical (unpaired) electrons. The zero-order chi connectivity index (χ0) is 12.8. The lowest BCUT2D eigenvalue weighted by Gasteiger charge is -2.16. The molecule has 18 heavy (non-hydrogen) atoms. The maximum Gasteiger partial charge on any atom is 0.138 e. The molecule has 0 saturated heterocycles. The van der Waals surface area contributed by atoms with Crippen LogP contribution in [0.25, 0.3) is 0 Å². The van der Waals surface area contributed by atoms with E-state index in [-0.39, 0.29) is 6.04 Å². The van der Waals surface area contributed by atoms with Crippen molar-refractivity contribution in [1.29, 1.82) is 0 Å². The highest BCUT2D eigenvalue weighted by Crippen LogP contribution is 2.09. The van der Waals surface area contributed by atoms with Crippen LogP contribution in [-0.4, -0.2) is 34.5 Å². The van der Waals surface area contributed by atoms with Gasteiger partial charge >= 0.3 is 0 Å². The van der Waals surface area contributed by atoms with Gasteiger partial charge in [0.25, 0.3) is 0 Å². The summed E-state index contributed by atoms with van der Waals surface area (Å²) in [7, 11) is 3.82. The molecule has 5 nitrogen and oxygen atoms in total. The van der Waals surface area contributed by atoms with E-state index in [9.17, 15) is 0 Å². The third-order valence-corrected chi connectivity index (χ3v) is 2.84. The summed E-state index contributed by atoms with van der Waals surface area (Å²) in [6.45, 7) is 0.605. The van der Waals surface area contributed by atoms with E-state index in [4.69, 9.17) is 4.74 Å². The van der Waals surface area contributed by atoms with Crippen molar-refractivity contribution in [2.75, 3.05) is 13.7 Å². The van der Waals surface area contributed by atoms with E-state index in [1.807, 2.05) is 44.4 Å². The first-order valence-electron chi connectivity index (χ1n) is 5.97. The number of aromatic nitrogens is 3. The highest BCUT2D eigenvalue weighted by molar-refractivity contribution is 5.20. The van der Waals surface area contributed by atoms with Gasteiger partial charge in [0, 0.05) is 19.5 Å². The van der Waals surface area contributed by atoms with Crippen molar-refractivity contribution in [2.24, 2.45) is 7.05 Å². The zero-order valence-electron chi connectivity index (χ0n) is 10.7. The van der Waals surface area contributed by atoms with E-state index >= 15 is 0 Å². The van der Waals surface area contributed by atoms with Crippen LogP contribution in [0, 0.1) is 0 Å². The quantitative estimate of drug-likeness (QED) is 0.827. The van der Waals surface area contributed by atoms with Gasteiger partial charge in [-0.25, -0.2) is 4.98 Å². The number of rotatable bonds is 6. The number of para-hydroxylation sites is 1. The molecule has 1 aromatic heterocycles. The fourth-order valence-corrected chi connectivity index (χ4v) is 1.68. The Kier molecular flexibility index (Phi) is 4.30. The first-order valence-corrected chi connectivity index (χ1v) is 5.97. The molecule has 0 bridgehead atoms. The molecule has 1 N–H and O–H groups in total. The highest BCUT2D eigenvalue weighted by atomic mass is 16.5. The molecule has 1 aromatic carbocycles. The molecule has 0 spiro atoms. The van der Waals surface area contributed by atoms with Crippen LogP contribution in [0.4, 0.5) is 0 Å². The fourth-order valence-electron chi connectivity index (χ4n) is 1.68. The average Bonchev–Trinajstić information content (AvgIpc) is 2.81. The molecule has 96 valence electrons. The first kappa shape index (κ1) is 12.6. The molecule has 0 aliphatic rings. The van der Waals surface area contributed by atoms with E-state index in [1.54, 1.807) is 11.0 Å². The minimum absolute atomic E-state index is 0.216. The van der Waals surface area contributed by atoms with Gasteiger partial charge in [-0.3, -0.25) is 4.68 Å². The molecule has 0 aliphatic carbocycles. The normalized spacial score (nSPS) is 12.3. The second-order valence-electron chi connectivity index (χ2n) is 4.11. The second kappa shape index (κ2) is 6.16. The summed E-state index contributed by atoms with van der Waals surface area (Å²) in [5.41, 5.74) is 0. The van der Waals surface area contributed by atoms with Crippen LogP contribution < -0.4 is 10.1 Å². The van der Waals surface area contributed by atoms with Crippen molar-refractivity contribution in [3.63, 3.8) is 0 Å². The molecule has 5 heteroatoms. The predicted molar refractivity (Wildman–Crippen MR) is 69.5 cm³/mol. The Hall–Kier alpha value is -1.88. The molecular formula is C13H18N4O. The summed E-state index contributed by atoms with van der Waals surface area (Å²) in [6.07, 6.45) is 2.36. The van der Waals surface area contributed by atoms with Gasteiger partial charge in [-0.2, -0.15) is 5.10 Å². The van der Waals surface area contributed by atoms with Gasteiger partial charge in [0.05, 0.1) is 0 Å². The van der Waals surface area contributed by atoms with E-state index in [1.165, 1.54) is 0 Å². The van der Waals surface area contributed by atoms with Crippen LogP contribution in [0.15, 0.2) is 36.7 Å². The monoisotopic (exact) mass is 246 g/mol. The maximum atomic E-state index is 5.73. The van der Waals surface area contributed by atoms with Gasteiger partial charge < -0.3 is 10.1 Å². The highest BCUT2D eigenvalue weighted by Gasteiger charge is 2.11. The van der Waals surface area contributed by atoms with Gasteiger partial charge in [0.15, 0.2) is 0 Å². The number of likely N-dealkylation sites (N-methyl/N-ethyl adjacent to an activating group) is 1. The van der Waals surface area contributed by atoms with Crippen molar-refractivity contribution in [3.05, 3.63) is 42.5 Å². The molecule has 0 fully saturated rings. The molecule has 2 rings (SSSR count). The zero-order valence-corrected chi connectivity index (χ0v) is 10.7. The van der Waals surface area contributed by atoms with Gasteiger partial charge in [-0.1, -0.05) is 18.2 Å². The summed E-state index contributed by atoms with van der Waals surface area (Å²) < 4.78 is 7.51. The number of nitrogens with one attached hydrogen (secondary N) is 1. The Morgan fingerprint density at radius 1 is 1.33 bits per heavy atom. The van der Waals surface area contributed by atoms with E-state index < -0.39 is 0 Å². The molecule has 1 unspecified atom stereocenters. The molecule has 1 atom stereocenters. The molecule has 0 aliphatic heterocycles. The third-order valence-electron chi connectivity index (χ3n) is 2.84. The second-order valence-corrected chi connectivity index (χ2v) is 4.11. The van der Waals surface area contributed by atoms with Crippen LogP contribution in [0.3, 0.4) is 0 Å². The van der Waals surface area contributed by atoms with Gasteiger partial charge in [0.2, 0.25) is 0 Å². The van der Waals surface area contributed by atoms with Gasteiger partial charge in [-0.15, -0.1) is 0 Å². The van der Waals surface area contributed by atoms with E-state index in [0.717, 1.165) is 18.0 Å². The van der Waals surface area contributed by atoms with Crippen molar-refractivity contribution in [1.82, 2.24) is 20.1 Å². The molecule has 0 amide bonds. The minimum Gasteiger partial charge on any atom is -0.492 e. The number of aryl methyl sites for hydroxylation is 1. The number of benzene rings is 1. The van der Waals surface area contributed by atoms with Crippen LogP contribution in [-0.2, 0) is 13.5 Å². The van der Waals surface area contributed by atoms with E-state index in [2.05, 4.69) is 15.4 Å². The lowest BCUT2D eigenvalue weighted by molar-refractivity contribution is 0.267. The van der Waals surface area contributed by atoms with Crippen LogP contribution in [0.5, 0.6) is 5.75 Å². The van der Waals surface area contributed by atoms with Crippen LogP contribution in [0.1, 0.15) is 5.82 Å². The molecule has 2 aromatic rings. The maximum absolute atomic E-state index is 5.73. The average molecular weight is 246 g/mol. The van der Waals surface area contributed by atoms with Crippen LogP contribution in [0.2, 0.25) is 0 Å². The van der Waals surface area contributed by atoms with E-state index in [0.29, 0.717) is 6.61 Å². The molecular weight excluding hydrogens is 228 g/mol. The summed E-state index contributed by atoms with van der Waals surface area (Å²) in [5, 5.41) is 7.29. The number of nitrogens with zero attached hydrogens (tertiary/aromatic N) is 3. The van der Waals surface area contributed by atoms with Gasteiger partial charge in [-0.05, 0) is 19.2 Å². The number of hydrogen-bond acceptors (Lipinski definition) is 4.